The maximum atomic E-state index is 5.21. The number of thiazole rings is 1. The molecule has 104 valence electrons. The van der Waals surface area contributed by atoms with E-state index in [0.29, 0.717) is 0 Å². The highest BCUT2D eigenvalue weighted by molar-refractivity contribution is 7.22. The zero-order valence-corrected chi connectivity index (χ0v) is 12.3. The number of methoxy groups -OCH3 is 2. The van der Waals surface area contributed by atoms with Crippen LogP contribution in [0.5, 0.6) is 5.75 Å². The van der Waals surface area contributed by atoms with Gasteiger partial charge in [-0.1, -0.05) is 11.3 Å². The van der Waals surface area contributed by atoms with Gasteiger partial charge in [0.05, 0.1) is 17.3 Å². The molecule has 0 unspecified atom stereocenters. The molecule has 1 heterocycles. The fourth-order valence-corrected chi connectivity index (χ4v) is 2.77. The zero-order chi connectivity index (χ0) is 13.5. The molecule has 2 rings (SSSR count). The van der Waals surface area contributed by atoms with Gasteiger partial charge in [0.15, 0.2) is 5.13 Å². The van der Waals surface area contributed by atoms with Crippen molar-refractivity contribution in [1.82, 2.24) is 4.98 Å². The number of hydrogen-bond donors (Lipinski definition) is 1. The minimum absolute atomic E-state index is 0.848. The van der Waals surface area contributed by atoms with Crippen LogP contribution in [0.4, 0.5) is 5.13 Å². The molecule has 2 aromatic rings. The number of rotatable bonds is 8. The van der Waals surface area contributed by atoms with E-state index >= 15 is 0 Å². The molecule has 0 fully saturated rings. The van der Waals surface area contributed by atoms with Gasteiger partial charge in [-0.05, 0) is 37.5 Å². The maximum Gasteiger partial charge on any atom is 0.183 e. The minimum atomic E-state index is 0.848. The van der Waals surface area contributed by atoms with E-state index in [1.165, 1.54) is 6.42 Å². The molecule has 0 aliphatic carbocycles. The molecule has 4 nitrogen and oxygen atoms in total. The molecule has 0 bridgehead atoms. The molecule has 0 spiro atoms. The monoisotopic (exact) mass is 280 g/mol. The molecular weight excluding hydrogens is 260 g/mol. The van der Waals surface area contributed by atoms with Crippen molar-refractivity contribution in [1.29, 1.82) is 0 Å². The third-order valence-corrected chi connectivity index (χ3v) is 3.87. The Morgan fingerprint density at radius 3 is 2.89 bits per heavy atom. The van der Waals surface area contributed by atoms with Gasteiger partial charge in [-0.15, -0.1) is 0 Å². The minimum Gasteiger partial charge on any atom is -0.497 e. The van der Waals surface area contributed by atoms with Crippen LogP contribution in [0.15, 0.2) is 18.2 Å². The summed E-state index contributed by atoms with van der Waals surface area (Å²) in [5.41, 5.74) is 1.02. The van der Waals surface area contributed by atoms with E-state index in [1.807, 2.05) is 18.2 Å². The molecule has 0 aliphatic heterocycles. The SMILES string of the molecule is COCCCCCNc1nc2ccc(OC)cc2s1. The lowest BCUT2D eigenvalue weighted by molar-refractivity contribution is 0.192. The summed E-state index contributed by atoms with van der Waals surface area (Å²) in [7, 11) is 3.43. The first kappa shape index (κ1) is 14.1. The highest BCUT2D eigenvalue weighted by Crippen LogP contribution is 2.29. The smallest absolute Gasteiger partial charge is 0.183 e. The predicted molar refractivity (Wildman–Crippen MR) is 80.4 cm³/mol. The summed E-state index contributed by atoms with van der Waals surface area (Å²) >= 11 is 1.67. The number of anilines is 1. The molecule has 19 heavy (non-hydrogen) atoms. The van der Waals surface area contributed by atoms with Gasteiger partial charge in [0, 0.05) is 20.3 Å². The van der Waals surface area contributed by atoms with Crippen molar-refractivity contribution < 1.29 is 9.47 Å². The van der Waals surface area contributed by atoms with Crippen molar-refractivity contribution in [2.24, 2.45) is 0 Å². The van der Waals surface area contributed by atoms with Crippen LogP contribution < -0.4 is 10.1 Å². The maximum absolute atomic E-state index is 5.21. The Morgan fingerprint density at radius 1 is 1.21 bits per heavy atom. The molecule has 0 radical (unpaired) electrons. The standard InChI is InChI=1S/C14H20N2O2S/c1-17-9-5-3-4-8-15-14-16-12-7-6-11(18-2)10-13(12)19-14/h6-7,10H,3-5,8-9H2,1-2H3,(H,15,16). The molecule has 0 atom stereocenters. The van der Waals surface area contributed by atoms with E-state index in [-0.39, 0.29) is 0 Å². The Balaban J connectivity index is 1.84. The molecule has 1 N–H and O–H groups in total. The second-order valence-electron chi connectivity index (χ2n) is 4.33. The molecule has 0 amide bonds. The van der Waals surface area contributed by atoms with Gasteiger partial charge >= 0.3 is 0 Å². The van der Waals surface area contributed by atoms with E-state index in [0.717, 1.165) is 47.1 Å². The van der Waals surface area contributed by atoms with Crippen LogP contribution in [-0.4, -0.2) is 32.4 Å². The van der Waals surface area contributed by atoms with E-state index in [2.05, 4.69) is 10.3 Å². The van der Waals surface area contributed by atoms with Gasteiger partial charge in [-0.2, -0.15) is 0 Å². The zero-order valence-electron chi connectivity index (χ0n) is 11.4. The third kappa shape index (κ3) is 4.08. The molecule has 0 saturated carbocycles. The molecule has 0 saturated heterocycles. The summed E-state index contributed by atoms with van der Waals surface area (Å²) in [5, 5.41) is 4.36. The number of nitrogens with one attached hydrogen (secondary N) is 1. The van der Waals surface area contributed by atoms with Gasteiger partial charge in [-0.25, -0.2) is 4.98 Å². The summed E-state index contributed by atoms with van der Waals surface area (Å²) in [6.45, 7) is 1.81. The van der Waals surface area contributed by atoms with E-state index in [4.69, 9.17) is 9.47 Å². The number of unbranched alkanes of at least 4 members (excludes halogenated alkanes) is 2. The quantitative estimate of drug-likeness (QED) is 0.751. The Hall–Kier alpha value is -1.33. The lowest BCUT2D eigenvalue weighted by atomic mass is 10.2. The van der Waals surface area contributed by atoms with Crippen molar-refractivity contribution in [2.45, 2.75) is 19.3 Å². The number of fused-ring (bicyclic) bond motifs is 1. The second-order valence-corrected chi connectivity index (χ2v) is 5.36. The van der Waals surface area contributed by atoms with Crippen LogP contribution in [0.25, 0.3) is 10.2 Å². The number of aromatic nitrogens is 1. The topological polar surface area (TPSA) is 43.4 Å². The van der Waals surface area contributed by atoms with Crippen molar-refractivity contribution >= 4 is 26.7 Å². The van der Waals surface area contributed by atoms with Crippen LogP contribution in [0.2, 0.25) is 0 Å². The first-order chi connectivity index (χ1) is 9.33. The van der Waals surface area contributed by atoms with Gasteiger partial charge in [0.25, 0.3) is 0 Å². The molecule has 1 aromatic heterocycles. The average Bonchev–Trinajstić information content (AvgIpc) is 2.84. The Bertz CT molecular complexity index is 513. The number of benzene rings is 1. The average molecular weight is 280 g/mol. The van der Waals surface area contributed by atoms with Crippen LogP contribution in [0.3, 0.4) is 0 Å². The second kappa shape index (κ2) is 7.31. The number of hydrogen-bond acceptors (Lipinski definition) is 5. The first-order valence-electron chi connectivity index (χ1n) is 6.51. The molecule has 1 aromatic carbocycles. The van der Waals surface area contributed by atoms with E-state index in [1.54, 1.807) is 25.6 Å². The van der Waals surface area contributed by atoms with Crippen LogP contribution in [-0.2, 0) is 4.74 Å². The van der Waals surface area contributed by atoms with Crippen molar-refractivity contribution in [3.63, 3.8) is 0 Å². The summed E-state index contributed by atoms with van der Waals surface area (Å²) in [4.78, 5) is 4.55. The highest BCUT2D eigenvalue weighted by atomic mass is 32.1. The fraction of sp³-hybridized carbons (Fsp3) is 0.500. The lowest BCUT2D eigenvalue weighted by Gasteiger charge is -2.01. The third-order valence-electron chi connectivity index (χ3n) is 2.90. The van der Waals surface area contributed by atoms with Crippen molar-refractivity contribution in [3.8, 4) is 5.75 Å². The summed E-state index contributed by atoms with van der Waals surface area (Å²) in [6.07, 6.45) is 3.44. The van der Waals surface area contributed by atoms with Gasteiger partial charge in [-0.3, -0.25) is 0 Å². The van der Waals surface area contributed by atoms with Crippen molar-refractivity contribution in [2.75, 3.05) is 32.7 Å². The number of nitrogens with zero attached hydrogens (tertiary/aromatic N) is 1. The van der Waals surface area contributed by atoms with Gasteiger partial charge in [0.1, 0.15) is 5.75 Å². The fourth-order valence-electron chi connectivity index (χ4n) is 1.85. The Kier molecular flexibility index (Phi) is 5.42. The number of ether oxygens (including phenoxy) is 2. The Labute approximate surface area is 117 Å². The van der Waals surface area contributed by atoms with E-state index in [9.17, 15) is 0 Å². The van der Waals surface area contributed by atoms with Gasteiger partial charge in [0.2, 0.25) is 0 Å². The lowest BCUT2D eigenvalue weighted by Crippen LogP contribution is -2.01. The van der Waals surface area contributed by atoms with Crippen LogP contribution in [0, 0.1) is 0 Å². The summed E-state index contributed by atoms with van der Waals surface area (Å²) in [6, 6.07) is 5.96. The molecule has 0 aliphatic rings. The van der Waals surface area contributed by atoms with Crippen LogP contribution >= 0.6 is 11.3 Å². The largest absolute Gasteiger partial charge is 0.497 e. The summed E-state index contributed by atoms with van der Waals surface area (Å²) in [5.74, 6) is 0.877. The van der Waals surface area contributed by atoms with Crippen molar-refractivity contribution in [3.05, 3.63) is 18.2 Å². The molecular formula is C14H20N2O2S. The summed E-state index contributed by atoms with van der Waals surface area (Å²) < 4.78 is 11.4. The molecule has 5 heteroatoms. The van der Waals surface area contributed by atoms with Crippen LogP contribution in [0.1, 0.15) is 19.3 Å². The Morgan fingerprint density at radius 2 is 2.11 bits per heavy atom. The van der Waals surface area contributed by atoms with Gasteiger partial charge < -0.3 is 14.8 Å². The predicted octanol–water partition coefficient (Wildman–Crippen LogP) is 3.53. The van der Waals surface area contributed by atoms with E-state index < -0.39 is 0 Å². The first-order valence-corrected chi connectivity index (χ1v) is 7.32. The normalized spacial score (nSPS) is 10.8. The highest BCUT2D eigenvalue weighted by Gasteiger charge is 2.04.